The molecule has 3 rings (SSSR count). The number of rotatable bonds is 12. The molecule has 1 N–H and O–H groups in total. The fourth-order valence-corrected chi connectivity index (χ4v) is 3.05. The average Bonchev–Trinajstić information content (AvgIpc) is 3.26. The topological polar surface area (TPSA) is 55.1 Å². The molecule has 1 atom stereocenters. The van der Waals surface area contributed by atoms with Crippen molar-refractivity contribution in [3.05, 3.63) is 84.1 Å². The van der Waals surface area contributed by atoms with Crippen LogP contribution in [-0.2, 0) is 13.1 Å². The second-order valence-electron chi connectivity index (χ2n) is 7.16. The van der Waals surface area contributed by atoms with Crippen LogP contribution in [0.3, 0.4) is 0 Å². The summed E-state index contributed by atoms with van der Waals surface area (Å²) >= 11 is 0. The van der Waals surface area contributed by atoms with Gasteiger partial charge >= 0.3 is 0 Å². The van der Waals surface area contributed by atoms with Crippen LogP contribution in [0.2, 0.25) is 0 Å². The van der Waals surface area contributed by atoms with Gasteiger partial charge in [-0.05, 0) is 60.5 Å². The van der Waals surface area contributed by atoms with Gasteiger partial charge in [-0.3, -0.25) is 4.90 Å². The second kappa shape index (κ2) is 11.4. The lowest BCUT2D eigenvalue weighted by Gasteiger charge is -2.24. The number of halogens is 1. The minimum atomic E-state index is -0.711. The molecule has 1 aromatic heterocycles. The van der Waals surface area contributed by atoms with E-state index in [4.69, 9.17) is 13.9 Å². The molecule has 6 heteroatoms. The SMILES string of the molecule is CCCOc1ccc(CN(Cc2ccco2)CC(O)COc2ccc(F)cc2)cc1. The number of aliphatic hydroxyl groups is 1. The first-order chi connectivity index (χ1) is 14.6. The molecular formula is C24H28FNO4. The van der Waals surface area contributed by atoms with Crippen molar-refractivity contribution in [1.82, 2.24) is 4.90 Å². The molecule has 5 nitrogen and oxygen atoms in total. The van der Waals surface area contributed by atoms with Crippen LogP contribution >= 0.6 is 0 Å². The van der Waals surface area contributed by atoms with Crippen LogP contribution in [0, 0.1) is 5.82 Å². The summed E-state index contributed by atoms with van der Waals surface area (Å²) in [5, 5.41) is 10.5. The zero-order valence-corrected chi connectivity index (χ0v) is 17.2. The number of benzene rings is 2. The molecule has 0 spiro atoms. The molecule has 1 heterocycles. The van der Waals surface area contributed by atoms with Crippen molar-refractivity contribution in [3.63, 3.8) is 0 Å². The zero-order valence-electron chi connectivity index (χ0n) is 17.2. The van der Waals surface area contributed by atoms with Gasteiger partial charge in [0.1, 0.15) is 35.8 Å². The quantitative estimate of drug-likeness (QED) is 0.468. The summed E-state index contributed by atoms with van der Waals surface area (Å²) in [7, 11) is 0. The Bertz CT molecular complexity index is 850. The fraction of sp³-hybridized carbons (Fsp3) is 0.333. The van der Waals surface area contributed by atoms with Crippen molar-refractivity contribution < 1.29 is 23.4 Å². The Hall–Kier alpha value is -2.83. The van der Waals surface area contributed by atoms with E-state index in [1.807, 2.05) is 36.4 Å². The first-order valence-corrected chi connectivity index (χ1v) is 10.2. The molecule has 0 amide bonds. The number of aliphatic hydroxyl groups excluding tert-OH is 1. The summed E-state index contributed by atoms with van der Waals surface area (Å²) in [6.45, 7) is 4.49. The highest BCUT2D eigenvalue weighted by Gasteiger charge is 2.15. The first kappa shape index (κ1) is 21.9. The van der Waals surface area contributed by atoms with E-state index < -0.39 is 6.10 Å². The molecule has 160 valence electrons. The lowest BCUT2D eigenvalue weighted by molar-refractivity contribution is 0.0604. The number of hydrogen-bond donors (Lipinski definition) is 1. The minimum Gasteiger partial charge on any atom is -0.494 e. The molecule has 1 unspecified atom stereocenters. The summed E-state index contributed by atoms with van der Waals surface area (Å²) in [6, 6.07) is 17.5. The van der Waals surface area contributed by atoms with Gasteiger partial charge in [0.2, 0.25) is 0 Å². The summed E-state index contributed by atoms with van der Waals surface area (Å²) < 4.78 is 29.7. The zero-order chi connectivity index (χ0) is 21.2. The van der Waals surface area contributed by atoms with Crippen molar-refractivity contribution in [3.8, 4) is 11.5 Å². The van der Waals surface area contributed by atoms with Crippen LogP contribution < -0.4 is 9.47 Å². The highest BCUT2D eigenvalue weighted by atomic mass is 19.1. The summed E-state index contributed by atoms with van der Waals surface area (Å²) in [5.74, 6) is 1.88. The average molecular weight is 413 g/mol. The van der Waals surface area contributed by atoms with E-state index in [9.17, 15) is 9.50 Å². The molecule has 0 fully saturated rings. The second-order valence-corrected chi connectivity index (χ2v) is 7.16. The first-order valence-electron chi connectivity index (χ1n) is 10.2. The van der Waals surface area contributed by atoms with Gasteiger partial charge in [0.15, 0.2) is 0 Å². The Balaban J connectivity index is 1.57. The maximum absolute atomic E-state index is 13.0. The van der Waals surface area contributed by atoms with Gasteiger partial charge in [-0.15, -0.1) is 0 Å². The van der Waals surface area contributed by atoms with E-state index in [0.29, 0.717) is 32.0 Å². The smallest absolute Gasteiger partial charge is 0.123 e. The molecule has 0 aliphatic rings. The van der Waals surface area contributed by atoms with Crippen molar-refractivity contribution in [1.29, 1.82) is 0 Å². The van der Waals surface area contributed by atoms with E-state index >= 15 is 0 Å². The van der Waals surface area contributed by atoms with Crippen molar-refractivity contribution in [2.75, 3.05) is 19.8 Å². The summed E-state index contributed by atoms with van der Waals surface area (Å²) in [4.78, 5) is 2.10. The Labute approximate surface area is 176 Å². The van der Waals surface area contributed by atoms with Gasteiger partial charge in [-0.25, -0.2) is 4.39 Å². The maximum atomic E-state index is 13.0. The monoisotopic (exact) mass is 413 g/mol. The van der Waals surface area contributed by atoms with Crippen LogP contribution in [0.1, 0.15) is 24.7 Å². The molecular weight excluding hydrogens is 385 g/mol. The minimum absolute atomic E-state index is 0.115. The molecule has 0 radical (unpaired) electrons. The summed E-state index contributed by atoms with van der Waals surface area (Å²) in [6.07, 6.45) is 1.90. The van der Waals surface area contributed by atoms with E-state index in [1.165, 1.54) is 12.1 Å². The third-order valence-electron chi connectivity index (χ3n) is 4.49. The highest BCUT2D eigenvalue weighted by molar-refractivity contribution is 5.27. The standard InChI is InChI=1S/C24H28FNO4/c1-2-13-28-22-9-5-19(6-10-22)15-26(17-24-4-3-14-29-24)16-21(27)18-30-23-11-7-20(25)8-12-23/h3-12,14,21,27H,2,13,15-18H2,1H3. The van der Waals surface area contributed by atoms with Crippen LogP contribution in [0.4, 0.5) is 4.39 Å². The highest BCUT2D eigenvalue weighted by Crippen LogP contribution is 2.17. The maximum Gasteiger partial charge on any atom is 0.123 e. The van der Waals surface area contributed by atoms with Crippen molar-refractivity contribution >= 4 is 0 Å². The Morgan fingerprint density at radius 1 is 0.967 bits per heavy atom. The molecule has 0 bridgehead atoms. The van der Waals surface area contributed by atoms with Gasteiger partial charge in [0, 0.05) is 13.1 Å². The molecule has 0 saturated heterocycles. The van der Waals surface area contributed by atoms with Crippen molar-refractivity contribution in [2.24, 2.45) is 0 Å². The summed E-state index contributed by atoms with van der Waals surface area (Å²) in [5.41, 5.74) is 1.11. The largest absolute Gasteiger partial charge is 0.494 e. The molecule has 3 aromatic rings. The molecule has 0 aliphatic carbocycles. The predicted molar refractivity (Wildman–Crippen MR) is 113 cm³/mol. The number of furan rings is 1. The van der Waals surface area contributed by atoms with Crippen LogP contribution in [0.15, 0.2) is 71.3 Å². The lowest BCUT2D eigenvalue weighted by Crippen LogP contribution is -2.35. The van der Waals surface area contributed by atoms with Gasteiger partial charge in [-0.2, -0.15) is 0 Å². The van der Waals surface area contributed by atoms with Crippen LogP contribution in [0.5, 0.6) is 11.5 Å². The molecule has 0 aliphatic heterocycles. The van der Waals surface area contributed by atoms with E-state index in [-0.39, 0.29) is 12.4 Å². The van der Waals surface area contributed by atoms with Crippen molar-refractivity contribution in [2.45, 2.75) is 32.5 Å². The van der Waals surface area contributed by atoms with E-state index in [1.54, 1.807) is 18.4 Å². The van der Waals surface area contributed by atoms with Crippen LogP contribution in [-0.4, -0.2) is 35.9 Å². The number of ether oxygens (including phenoxy) is 2. The third kappa shape index (κ3) is 7.21. The van der Waals surface area contributed by atoms with Gasteiger partial charge in [0.25, 0.3) is 0 Å². The molecule has 0 saturated carbocycles. The Kier molecular flexibility index (Phi) is 8.30. The van der Waals surface area contributed by atoms with Gasteiger partial charge < -0.3 is 19.0 Å². The molecule has 30 heavy (non-hydrogen) atoms. The normalized spacial score (nSPS) is 12.1. The predicted octanol–water partition coefficient (Wildman–Crippen LogP) is 4.65. The number of nitrogens with zero attached hydrogens (tertiary/aromatic N) is 1. The Morgan fingerprint density at radius 3 is 2.33 bits per heavy atom. The van der Waals surface area contributed by atoms with Gasteiger partial charge in [-0.1, -0.05) is 19.1 Å². The van der Waals surface area contributed by atoms with Gasteiger partial charge in [0.05, 0.1) is 19.4 Å². The lowest BCUT2D eigenvalue weighted by atomic mass is 10.2. The molecule has 2 aromatic carbocycles. The third-order valence-corrected chi connectivity index (χ3v) is 4.49. The number of hydrogen-bond acceptors (Lipinski definition) is 5. The van der Waals surface area contributed by atoms with Crippen LogP contribution in [0.25, 0.3) is 0 Å². The van der Waals surface area contributed by atoms with E-state index in [0.717, 1.165) is 23.5 Å². The fourth-order valence-electron chi connectivity index (χ4n) is 3.05. The van der Waals surface area contributed by atoms with E-state index in [2.05, 4.69) is 11.8 Å². The Morgan fingerprint density at radius 2 is 1.67 bits per heavy atom.